The molecule has 2 fully saturated rings. The average Bonchev–Trinajstić information content (AvgIpc) is 3.31. The number of hydrogen-bond acceptors (Lipinski definition) is 5. The van der Waals surface area contributed by atoms with E-state index < -0.39 is 10.0 Å². The molecule has 6 nitrogen and oxygen atoms in total. The van der Waals surface area contributed by atoms with Gasteiger partial charge in [-0.25, -0.2) is 13.1 Å². The van der Waals surface area contributed by atoms with E-state index in [0.717, 1.165) is 31.6 Å². The molecular formula is C14H21N3O3S. The van der Waals surface area contributed by atoms with E-state index in [4.69, 9.17) is 10.5 Å². The van der Waals surface area contributed by atoms with Crippen molar-refractivity contribution >= 4 is 15.7 Å². The molecule has 0 spiro atoms. The van der Waals surface area contributed by atoms with Gasteiger partial charge in [0.2, 0.25) is 10.0 Å². The van der Waals surface area contributed by atoms with E-state index in [0.29, 0.717) is 18.0 Å². The van der Waals surface area contributed by atoms with Crippen LogP contribution in [-0.4, -0.2) is 46.8 Å². The van der Waals surface area contributed by atoms with Crippen molar-refractivity contribution in [3.63, 3.8) is 0 Å². The molecule has 3 rings (SSSR count). The standard InChI is InChI=1S/C14H21N3O3S/c15-9-13-10-17(7-8-20-13)12-3-5-14(6-4-12)21(18,19)16-11-1-2-11/h3-6,11,13,16H,1-2,7-10,15H2. The summed E-state index contributed by atoms with van der Waals surface area (Å²) in [4.78, 5) is 2.49. The van der Waals surface area contributed by atoms with Gasteiger partial charge in [0.15, 0.2) is 0 Å². The maximum Gasteiger partial charge on any atom is 0.240 e. The Balaban J connectivity index is 1.71. The highest BCUT2D eigenvalue weighted by molar-refractivity contribution is 7.89. The zero-order valence-corrected chi connectivity index (χ0v) is 12.7. The molecule has 0 amide bonds. The molecule has 3 N–H and O–H groups in total. The van der Waals surface area contributed by atoms with Gasteiger partial charge in [-0.05, 0) is 37.1 Å². The van der Waals surface area contributed by atoms with E-state index in [-0.39, 0.29) is 12.1 Å². The second-order valence-electron chi connectivity index (χ2n) is 5.56. The van der Waals surface area contributed by atoms with Crippen molar-refractivity contribution in [3.05, 3.63) is 24.3 Å². The molecule has 116 valence electrons. The first-order valence-corrected chi connectivity index (χ1v) is 8.76. The highest BCUT2D eigenvalue weighted by Gasteiger charge is 2.28. The van der Waals surface area contributed by atoms with Crippen LogP contribution in [0.4, 0.5) is 5.69 Å². The molecule has 7 heteroatoms. The number of nitrogens with zero attached hydrogens (tertiary/aromatic N) is 1. The van der Waals surface area contributed by atoms with E-state index in [1.165, 1.54) is 0 Å². The highest BCUT2D eigenvalue weighted by atomic mass is 32.2. The Hall–Kier alpha value is -1.15. The van der Waals surface area contributed by atoms with Crippen molar-refractivity contribution in [3.8, 4) is 0 Å². The Labute approximate surface area is 125 Å². The maximum atomic E-state index is 12.1. The first kappa shape index (κ1) is 14.8. The first-order chi connectivity index (χ1) is 10.1. The van der Waals surface area contributed by atoms with Crippen molar-refractivity contribution in [2.75, 3.05) is 31.1 Å². The fourth-order valence-corrected chi connectivity index (χ4v) is 3.73. The second kappa shape index (κ2) is 5.92. The van der Waals surface area contributed by atoms with Gasteiger partial charge in [0.1, 0.15) is 0 Å². The smallest absolute Gasteiger partial charge is 0.240 e. The molecule has 0 aromatic heterocycles. The van der Waals surface area contributed by atoms with Crippen molar-refractivity contribution < 1.29 is 13.2 Å². The van der Waals surface area contributed by atoms with Crippen molar-refractivity contribution in [2.24, 2.45) is 5.73 Å². The molecule has 0 bridgehead atoms. The SMILES string of the molecule is NCC1CN(c2ccc(S(=O)(=O)NC3CC3)cc2)CCO1. The van der Waals surface area contributed by atoms with Gasteiger partial charge in [-0.2, -0.15) is 0 Å². The van der Waals surface area contributed by atoms with Gasteiger partial charge in [0.05, 0.1) is 17.6 Å². The minimum absolute atomic E-state index is 0.0405. The number of nitrogens with one attached hydrogen (secondary N) is 1. The third kappa shape index (κ3) is 3.55. The number of hydrogen-bond donors (Lipinski definition) is 2. The fourth-order valence-electron chi connectivity index (χ4n) is 2.42. The number of nitrogens with two attached hydrogens (primary N) is 1. The van der Waals surface area contributed by atoms with Gasteiger partial charge >= 0.3 is 0 Å². The summed E-state index contributed by atoms with van der Waals surface area (Å²) in [5.74, 6) is 0. The summed E-state index contributed by atoms with van der Waals surface area (Å²) in [5.41, 5.74) is 6.64. The summed E-state index contributed by atoms with van der Waals surface area (Å²) in [5, 5.41) is 0. The summed E-state index contributed by atoms with van der Waals surface area (Å²) in [6.07, 6.45) is 1.91. The predicted molar refractivity (Wildman–Crippen MR) is 80.8 cm³/mol. The quantitative estimate of drug-likeness (QED) is 0.816. The number of benzene rings is 1. The van der Waals surface area contributed by atoms with E-state index in [1.807, 2.05) is 12.1 Å². The highest BCUT2D eigenvalue weighted by Crippen LogP contribution is 2.24. The molecule has 0 radical (unpaired) electrons. The van der Waals surface area contributed by atoms with Gasteiger partial charge in [-0.15, -0.1) is 0 Å². The number of rotatable bonds is 5. The minimum Gasteiger partial charge on any atom is -0.373 e. The monoisotopic (exact) mass is 311 g/mol. The molecule has 1 saturated carbocycles. The third-order valence-electron chi connectivity index (χ3n) is 3.81. The lowest BCUT2D eigenvalue weighted by molar-refractivity contribution is 0.0466. The zero-order chi connectivity index (χ0) is 14.9. The molecule has 2 aliphatic rings. The second-order valence-corrected chi connectivity index (χ2v) is 7.28. The van der Waals surface area contributed by atoms with Gasteiger partial charge in [-0.1, -0.05) is 0 Å². The average molecular weight is 311 g/mol. The van der Waals surface area contributed by atoms with Crippen LogP contribution in [0.5, 0.6) is 0 Å². The lowest BCUT2D eigenvalue weighted by atomic mass is 10.2. The third-order valence-corrected chi connectivity index (χ3v) is 5.35. The topological polar surface area (TPSA) is 84.7 Å². The van der Waals surface area contributed by atoms with Crippen LogP contribution in [0.3, 0.4) is 0 Å². The Morgan fingerprint density at radius 3 is 2.62 bits per heavy atom. The molecule has 1 aliphatic carbocycles. The Morgan fingerprint density at radius 1 is 1.29 bits per heavy atom. The van der Waals surface area contributed by atoms with Crippen molar-refractivity contribution in [1.82, 2.24) is 4.72 Å². The lowest BCUT2D eigenvalue weighted by Gasteiger charge is -2.34. The van der Waals surface area contributed by atoms with Gasteiger partial charge in [-0.3, -0.25) is 0 Å². The summed E-state index contributed by atoms with van der Waals surface area (Å²) >= 11 is 0. The molecule has 1 atom stereocenters. The van der Waals surface area contributed by atoms with E-state index >= 15 is 0 Å². The minimum atomic E-state index is -3.37. The molecule has 1 saturated heterocycles. The lowest BCUT2D eigenvalue weighted by Crippen LogP contribution is -2.45. The molecule has 1 aliphatic heterocycles. The Kier molecular flexibility index (Phi) is 4.17. The predicted octanol–water partition coefficient (Wildman–Crippen LogP) is 0.291. The number of morpholine rings is 1. The van der Waals surface area contributed by atoms with Crippen LogP contribution >= 0.6 is 0 Å². The van der Waals surface area contributed by atoms with Crippen molar-refractivity contribution in [2.45, 2.75) is 29.9 Å². The van der Waals surface area contributed by atoms with Crippen LogP contribution in [0.1, 0.15) is 12.8 Å². The zero-order valence-electron chi connectivity index (χ0n) is 11.9. The largest absolute Gasteiger partial charge is 0.373 e. The molecule has 1 aromatic rings. The Morgan fingerprint density at radius 2 is 2.00 bits per heavy atom. The van der Waals surface area contributed by atoms with Crippen LogP contribution in [0, 0.1) is 0 Å². The van der Waals surface area contributed by atoms with E-state index in [2.05, 4.69) is 9.62 Å². The number of ether oxygens (including phenoxy) is 1. The number of sulfonamides is 1. The summed E-state index contributed by atoms with van der Waals surface area (Å²) in [6, 6.07) is 7.14. The van der Waals surface area contributed by atoms with Crippen LogP contribution in [-0.2, 0) is 14.8 Å². The summed E-state index contributed by atoms with van der Waals surface area (Å²) < 4.78 is 32.4. The summed E-state index contributed by atoms with van der Waals surface area (Å²) in [7, 11) is -3.37. The van der Waals surface area contributed by atoms with Gasteiger partial charge in [0.25, 0.3) is 0 Å². The van der Waals surface area contributed by atoms with Crippen LogP contribution < -0.4 is 15.4 Å². The molecular weight excluding hydrogens is 290 g/mol. The number of anilines is 1. The molecule has 1 unspecified atom stereocenters. The summed E-state index contributed by atoms with van der Waals surface area (Å²) in [6.45, 7) is 2.67. The van der Waals surface area contributed by atoms with Gasteiger partial charge in [0, 0.05) is 31.4 Å². The van der Waals surface area contributed by atoms with Gasteiger partial charge < -0.3 is 15.4 Å². The normalized spacial score (nSPS) is 23.3. The van der Waals surface area contributed by atoms with Crippen LogP contribution in [0.25, 0.3) is 0 Å². The molecule has 1 heterocycles. The molecule has 1 aromatic carbocycles. The first-order valence-electron chi connectivity index (χ1n) is 7.27. The van der Waals surface area contributed by atoms with Crippen LogP contribution in [0.2, 0.25) is 0 Å². The fraction of sp³-hybridized carbons (Fsp3) is 0.571. The van der Waals surface area contributed by atoms with E-state index in [9.17, 15) is 8.42 Å². The molecule has 21 heavy (non-hydrogen) atoms. The van der Waals surface area contributed by atoms with Crippen molar-refractivity contribution in [1.29, 1.82) is 0 Å². The Bertz CT molecular complexity index is 584. The van der Waals surface area contributed by atoms with E-state index in [1.54, 1.807) is 12.1 Å². The maximum absolute atomic E-state index is 12.1. The van der Waals surface area contributed by atoms with Crippen LogP contribution in [0.15, 0.2) is 29.2 Å².